The molecule has 4 nitrogen and oxygen atoms in total. The summed E-state index contributed by atoms with van der Waals surface area (Å²) in [6.07, 6.45) is 0.344. The number of alkyl carbamates (subject to hydrolysis) is 1. The van der Waals surface area contributed by atoms with Gasteiger partial charge in [-0.05, 0) is 39.2 Å². The molecular formula is C15H23NO3. The van der Waals surface area contributed by atoms with Crippen LogP contribution in [0.1, 0.15) is 32.8 Å². The second kappa shape index (κ2) is 7.14. The van der Waals surface area contributed by atoms with Crippen molar-refractivity contribution in [3.63, 3.8) is 0 Å². The van der Waals surface area contributed by atoms with Gasteiger partial charge in [-0.25, -0.2) is 4.79 Å². The van der Waals surface area contributed by atoms with Gasteiger partial charge >= 0.3 is 6.09 Å². The van der Waals surface area contributed by atoms with Gasteiger partial charge < -0.3 is 15.2 Å². The van der Waals surface area contributed by atoms with E-state index in [1.165, 1.54) is 5.56 Å². The number of aliphatic hydroxyl groups is 1. The monoisotopic (exact) mass is 265 g/mol. The molecule has 0 radical (unpaired) electrons. The Labute approximate surface area is 114 Å². The maximum Gasteiger partial charge on any atom is 0.407 e. The van der Waals surface area contributed by atoms with Crippen molar-refractivity contribution >= 4 is 6.09 Å². The number of benzene rings is 1. The molecule has 1 rings (SSSR count). The maximum absolute atomic E-state index is 11.4. The highest BCUT2D eigenvalue weighted by Crippen LogP contribution is 2.07. The first-order valence-electron chi connectivity index (χ1n) is 6.55. The van der Waals surface area contributed by atoms with E-state index in [-0.39, 0.29) is 6.54 Å². The van der Waals surface area contributed by atoms with Crippen LogP contribution < -0.4 is 5.32 Å². The predicted molar refractivity (Wildman–Crippen MR) is 75.0 cm³/mol. The van der Waals surface area contributed by atoms with Crippen LogP contribution in [0.15, 0.2) is 30.3 Å². The quantitative estimate of drug-likeness (QED) is 0.860. The highest BCUT2D eigenvalue weighted by atomic mass is 16.6. The average molecular weight is 265 g/mol. The topological polar surface area (TPSA) is 58.6 Å². The van der Waals surface area contributed by atoms with Crippen LogP contribution in [0.2, 0.25) is 0 Å². The Balaban J connectivity index is 2.21. The minimum atomic E-state index is -0.562. The molecule has 106 valence electrons. The number of hydrogen-bond donors (Lipinski definition) is 2. The first-order chi connectivity index (χ1) is 8.87. The Morgan fingerprint density at radius 3 is 2.53 bits per heavy atom. The van der Waals surface area contributed by atoms with Crippen molar-refractivity contribution in [2.45, 2.75) is 45.3 Å². The highest BCUT2D eigenvalue weighted by Gasteiger charge is 2.16. The van der Waals surface area contributed by atoms with Gasteiger partial charge in [0.05, 0.1) is 6.10 Å². The van der Waals surface area contributed by atoms with Crippen molar-refractivity contribution in [2.75, 3.05) is 6.54 Å². The van der Waals surface area contributed by atoms with Crippen LogP contribution in [0.5, 0.6) is 0 Å². The Morgan fingerprint density at radius 2 is 1.95 bits per heavy atom. The standard InChI is InChI=1S/C15H23NO3/c1-15(2,3)19-14(18)16-11-13(17)10-9-12-7-5-4-6-8-12/h4-8,13,17H,9-11H2,1-3H3,(H,16,18). The first kappa shape index (κ1) is 15.5. The Hall–Kier alpha value is -1.55. The Morgan fingerprint density at radius 1 is 1.32 bits per heavy atom. The molecule has 1 aromatic carbocycles. The number of aliphatic hydroxyl groups excluding tert-OH is 1. The number of nitrogens with one attached hydrogen (secondary N) is 1. The lowest BCUT2D eigenvalue weighted by atomic mass is 10.1. The van der Waals surface area contributed by atoms with E-state index in [0.717, 1.165) is 6.42 Å². The van der Waals surface area contributed by atoms with E-state index in [1.54, 1.807) is 20.8 Å². The smallest absolute Gasteiger partial charge is 0.407 e. The van der Waals surface area contributed by atoms with E-state index in [4.69, 9.17) is 4.74 Å². The molecule has 19 heavy (non-hydrogen) atoms. The van der Waals surface area contributed by atoms with Crippen LogP contribution in [0, 0.1) is 0 Å². The van der Waals surface area contributed by atoms with Gasteiger partial charge in [-0.1, -0.05) is 30.3 Å². The van der Waals surface area contributed by atoms with Gasteiger partial charge in [-0.2, -0.15) is 0 Å². The van der Waals surface area contributed by atoms with Crippen LogP contribution in [-0.2, 0) is 11.2 Å². The normalized spacial score (nSPS) is 12.8. The summed E-state index contributed by atoms with van der Waals surface area (Å²) in [5.41, 5.74) is 0.665. The zero-order valence-corrected chi connectivity index (χ0v) is 11.8. The summed E-state index contributed by atoms with van der Waals surface area (Å²) in [6, 6.07) is 9.95. The molecule has 1 unspecified atom stereocenters. The zero-order chi connectivity index (χ0) is 14.3. The molecule has 1 aromatic rings. The number of hydrogen-bond acceptors (Lipinski definition) is 3. The number of carbonyl (C=O) groups excluding carboxylic acids is 1. The highest BCUT2D eigenvalue weighted by molar-refractivity contribution is 5.67. The third-order valence-corrected chi connectivity index (χ3v) is 2.49. The number of ether oxygens (including phenoxy) is 1. The predicted octanol–water partition coefficient (Wildman–Crippen LogP) is 2.50. The number of carbonyl (C=O) groups is 1. The van der Waals surface area contributed by atoms with E-state index in [1.807, 2.05) is 30.3 Å². The molecule has 0 bridgehead atoms. The van der Waals surface area contributed by atoms with Crippen LogP contribution in [0.4, 0.5) is 4.79 Å². The molecule has 0 aromatic heterocycles. The second-order valence-corrected chi connectivity index (χ2v) is 5.56. The van der Waals surface area contributed by atoms with Gasteiger partial charge in [-0.3, -0.25) is 0 Å². The van der Waals surface area contributed by atoms with Gasteiger partial charge in [0, 0.05) is 6.54 Å². The fourth-order valence-corrected chi connectivity index (χ4v) is 1.60. The fourth-order valence-electron chi connectivity index (χ4n) is 1.60. The van der Waals surface area contributed by atoms with Crippen molar-refractivity contribution in [3.8, 4) is 0 Å². The van der Waals surface area contributed by atoms with E-state index in [9.17, 15) is 9.90 Å². The summed E-state index contributed by atoms with van der Waals surface area (Å²) >= 11 is 0. The molecule has 0 fully saturated rings. The van der Waals surface area contributed by atoms with Crippen molar-refractivity contribution in [3.05, 3.63) is 35.9 Å². The van der Waals surface area contributed by atoms with Gasteiger partial charge in [0.25, 0.3) is 0 Å². The molecule has 1 atom stereocenters. The van der Waals surface area contributed by atoms with Gasteiger partial charge in [0.2, 0.25) is 0 Å². The summed E-state index contributed by atoms with van der Waals surface area (Å²) in [6.45, 7) is 5.62. The minimum absolute atomic E-state index is 0.210. The number of amides is 1. The lowest BCUT2D eigenvalue weighted by Crippen LogP contribution is -2.37. The number of rotatable bonds is 5. The molecular weight excluding hydrogens is 242 g/mol. The summed E-state index contributed by atoms with van der Waals surface area (Å²) in [4.78, 5) is 11.4. The SMILES string of the molecule is CC(C)(C)OC(=O)NCC(O)CCc1ccccc1. The lowest BCUT2D eigenvalue weighted by Gasteiger charge is -2.20. The number of aryl methyl sites for hydroxylation is 1. The molecule has 2 N–H and O–H groups in total. The molecule has 0 aliphatic rings. The molecule has 0 aliphatic carbocycles. The van der Waals surface area contributed by atoms with E-state index in [2.05, 4.69) is 5.32 Å². The van der Waals surface area contributed by atoms with Gasteiger partial charge in [0.1, 0.15) is 5.60 Å². The summed E-state index contributed by atoms with van der Waals surface area (Å²) in [7, 11) is 0. The lowest BCUT2D eigenvalue weighted by molar-refractivity contribution is 0.0489. The summed E-state index contributed by atoms with van der Waals surface area (Å²) in [5.74, 6) is 0. The molecule has 0 heterocycles. The van der Waals surface area contributed by atoms with Crippen LogP contribution in [0.25, 0.3) is 0 Å². The zero-order valence-electron chi connectivity index (χ0n) is 11.8. The molecule has 0 saturated carbocycles. The van der Waals surface area contributed by atoms with Crippen LogP contribution >= 0.6 is 0 Å². The molecule has 0 spiro atoms. The Kier molecular flexibility index (Phi) is 5.83. The van der Waals surface area contributed by atoms with E-state index in [0.29, 0.717) is 6.42 Å². The van der Waals surface area contributed by atoms with Crippen molar-refractivity contribution < 1.29 is 14.6 Å². The average Bonchev–Trinajstić information content (AvgIpc) is 2.33. The summed E-state index contributed by atoms with van der Waals surface area (Å²) < 4.78 is 5.09. The van der Waals surface area contributed by atoms with Crippen LogP contribution in [0.3, 0.4) is 0 Å². The van der Waals surface area contributed by atoms with Crippen LogP contribution in [-0.4, -0.2) is 29.4 Å². The second-order valence-electron chi connectivity index (χ2n) is 5.56. The third-order valence-electron chi connectivity index (χ3n) is 2.49. The molecule has 0 saturated heterocycles. The van der Waals surface area contributed by atoms with Crippen molar-refractivity contribution in [1.82, 2.24) is 5.32 Å². The largest absolute Gasteiger partial charge is 0.444 e. The maximum atomic E-state index is 11.4. The first-order valence-corrected chi connectivity index (χ1v) is 6.55. The third kappa shape index (κ3) is 7.47. The van der Waals surface area contributed by atoms with Gasteiger partial charge in [0.15, 0.2) is 0 Å². The summed E-state index contributed by atoms with van der Waals surface area (Å²) in [5, 5.41) is 12.4. The molecule has 0 aliphatic heterocycles. The van der Waals surface area contributed by atoms with E-state index < -0.39 is 17.8 Å². The fraction of sp³-hybridized carbons (Fsp3) is 0.533. The van der Waals surface area contributed by atoms with Crippen molar-refractivity contribution in [1.29, 1.82) is 0 Å². The van der Waals surface area contributed by atoms with Gasteiger partial charge in [-0.15, -0.1) is 0 Å². The molecule has 1 amide bonds. The minimum Gasteiger partial charge on any atom is -0.444 e. The van der Waals surface area contributed by atoms with E-state index >= 15 is 0 Å². The molecule has 4 heteroatoms. The van der Waals surface area contributed by atoms with Crippen molar-refractivity contribution in [2.24, 2.45) is 0 Å². The Bertz CT molecular complexity index is 384.